The molecule has 0 saturated heterocycles. The van der Waals surface area contributed by atoms with Crippen molar-refractivity contribution >= 4 is 39.3 Å². The summed E-state index contributed by atoms with van der Waals surface area (Å²) < 4.78 is 11.0. The van der Waals surface area contributed by atoms with E-state index in [1.807, 2.05) is 10.8 Å². The van der Waals surface area contributed by atoms with Crippen molar-refractivity contribution in [1.82, 2.24) is 4.90 Å². The third-order valence-electron chi connectivity index (χ3n) is 2.72. The van der Waals surface area contributed by atoms with E-state index in [4.69, 9.17) is 9.47 Å². The molecule has 1 aromatic rings. The van der Waals surface area contributed by atoms with Gasteiger partial charge < -0.3 is 9.47 Å². The fourth-order valence-electron chi connectivity index (χ4n) is 1.64. The number of halogens is 1. The number of hydrogen-bond acceptors (Lipinski definition) is 5. The highest BCUT2D eigenvalue weighted by Gasteiger charge is 2.31. The number of carbonyl (C=O) groups is 2. The first-order chi connectivity index (χ1) is 9.65. The second-order valence-corrected chi connectivity index (χ2v) is 7.18. The van der Waals surface area contributed by atoms with Crippen molar-refractivity contribution in [2.75, 3.05) is 14.2 Å². The first kappa shape index (κ1) is 18.0. The lowest BCUT2D eigenvalue weighted by atomic mass is 10.1. The SMILES string of the molecule is COC(=O)C(Cc1cscc1Br)N(C)C(=O)OC(C)(C)C. The summed E-state index contributed by atoms with van der Waals surface area (Å²) in [4.78, 5) is 25.4. The highest BCUT2D eigenvalue weighted by atomic mass is 79.9. The van der Waals surface area contributed by atoms with E-state index in [-0.39, 0.29) is 0 Å². The molecule has 1 aromatic heterocycles. The second kappa shape index (κ2) is 7.26. The Morgan fingerprint density at radius 2 is 2.00 bits per heavy atom. The maximum atomic E-state index is 12.1. The van der Waals surface area contributed by atoms with E-state index in [0.717, 1.165) is 10.0 Å². The predicted molar refractivity (Wildman–Crippen MR) is 85.5 cm³/mol. The van der Waals surface area contributed by atoms with Gasteiger partial charge in [-0.2, -0.15) is 11.3 Å². The molecule has 0 bridgehead atoms. The van der Waals surface area contributed by atoms with E-state index in [2.05, 4.69) is 15.9 Å². The van der Waals surface area contributed by atoms with Gasteiger partial charge in [-0.15, -0.1) is 0 Å². The third-order valence-corrected chi connectivity index (χ3v) is 4.56. The summed E-state index contributed by atoms with van der Waals surface area (Å²) in [7, 11) is 2.84. The molecule has 1 rings (SSSR count). The number of likely N-dealkylation sites (N-methyl/N-ethyl adjacent to an activating group) is 1. The van der Waals surface area contributed by atoms with Crippen LogP contribution in [0.1, 0.15) is 26.3 Å². The van der Waals surface area contributed by atoms with Crippen LogP contribution in [0.4, 0.5) is 4.79 Å². The number of carbonyl (C=O) groups excluding carboxylic acids is 2. The van der Waals surface area contributed by atoms with Crippen molar-refractivity contribution in [3.63, 3.8) is 0 Å². The molecule has 1 heterocycles. The predicted octanol–water partition coefficient (Wildman–Crippen LogP) is 3.46. The van der Waals surface area contributed by atoms with Gasteiger partial charge in [0.2, 0.25) is 0 Å². The molecule has 0 aliphatic heterocycles. The number of thiophene rings is 1. The first-order valence-corrected chi connectivity index (χ1v) is 8.13. The van der Waals surface area contributed by atoms with E-state index < -0.39 is 23.7 Å². The van der Waals surface area contributed by atoms with Gasteiger partial charge in [0.05, 0.1) is 7.11 Å². The maximum Gasteiger partial charge on any atom is 0.410 e. The zero-order valence-electron chi connectivity index (χ0n) is 12.8. The molecule has 5 nitrogen and oxygen atoms in total. The van der Waals surface area contributed by atoms with Crippen LogP contribution in [-0.4, -0.2) is 42.8 Å². The van der Waals surface area contributed by atoms with E-state index in [1.165, 1.54) is 30.4 Å². The Balaban J connectivity index is 2.89. The van der Waals surface area contributed by atoms with Crippen LogP contribution in [-0.2, 0) is 20.7 Å². The van der Waals surface area contributed by atoms with Gasteiger partial charge in [-0.05, 0) is 47.6 Å². The van der Waals surface area contributed by atoms with Crippen LogP contribution >= 0.6 is 27.3 Å². The van der Waals surface area contributed by atoms with Gasteiger partial charge in [0.1, 0.15) is 11.6 Å². The van der Waals surface area contributed by atoms with E-state index in [0.29, 0.717) is 6.42 Å². The van der Waals surface area contributed by atoms with Gasteiger partial charge in [0.25, 0.3) is 0 Å². The Morgan fingerprint density at radius 1 is 1.38 bits per heavy atom. The number of esters is 1. The topological polar surface area (TPSA) is 55.8 Å². The minimum absolute atomic E-state index is 0.368. The lowest BCUT2D eigenvalue weighted by Gasteiger charge is -2.29. The lowest BCUT2D eigenvalue weighted by molar-refractivity contribution is -0.146. The highest BCUT2D eigenvalue weighted by molar-refractivity contribution is 9.10. The summed E-state index contributed by atoms with van der Waals surface area (Å²) in [6.07, 6.45) is -0.184. The van der Waals surface area contributed by atoms with Crippen LogP contribution in [0.25, 0.3) is 0 Å². The van der Waals surface area contributed by atoms with E-state index >= 15 is 0 Å². The molecule has 1 amide bonds. The van der Waals surface area contributed by atoms with Crippen molar-refractivity contribution < 1.29 is 19.1 Å². The smallest absolute Gasteiger partial charge is 0.410 e. The molecule has 21 heavy (non-hydrogen) atoms. The Bertz CT molecular complexity index is 509. The van der Waals surface area contributed by atoms with Gasteiger partial charge >= 0.3 is 12.1 Å². The highest BCUT2D eigenvalue weighted by Crippen LogP contribution is 2.24. The van der Waals surface area contributed by atoms with Gasteiger partial charge in [-0.3, -0.25) is 4.90 Å². The fraction of sp³-hybridized carbons (Fsp3) is 0.571. The fourth-order valence-corrected chi connectivity index (χ4v) is 3.12. The largest absolute Gasteiger partial charge is 0.467 e. The molecule has 1 atom stereocenters. The summed E-state index contributed by atoms with van der Waals surface area (Å²) in [5.74, 6) is -0.471. The summed E-state index contributed by atoms with van der Waals surface area (Å²) in [6, 6.07) is -0.726. The van der Waals surface area contributed by atoms with Gasteiger partial charge in [0, 0.05) is 23.3 Å². The summed E-state index contributed by atoms with van der Waals surface area (Å²) in [5.41, 5.74) is 0.334. The van der Waals surface area contributed by atoms with Crippen LogP contribution in [0.2, 0.25) is 0 Å². The van der Waals surface area contributed by atoms with Crippen molar-refractivity contribution in [2.45, 2.75) is 38.8 Å². The molecule has 0 saturated carbocycles. The third kappa shape index (κ3) is 5.32. The zero-order valence-corrected chi connectivity index (χ0v) is 15.2. The zero-order chi connectivity index (χ0) is 16.2. The van der Waals surface area contributed by atoms with E-state index in [9.17, 15) is 9.59 Å². The molecular formula is C14H20BrNO4S. The Kier molecular flexibility index (Phi) is 6.22. The standard InChI is InChI=1S/C14H20BrNO4S/c1-14(2,3)20-13(18)16(4)11(12(17)19-5)6-9-7-21-8-10(9)15/h7-8,11H,6H2,1-5H3. The number of methoxy groups -OCH3 is 1. The van der Waals surface area contributed by atoms with Crippen molar-refractivity contribution in [2.24, 2.45) is 0 Å². The quantitative estimate of drug-likeness (QED) is 0.753. The molecule has 0 N–H and O–H groups in total. The van der Waals surface area contributed by atoms with Crippen LogP contribution in [0.15, 0.2) is 15.2 Å². The van der Waals surface area contributed by atoms with E-state index in [1.54, 1.807) is 20.8 Å². The number of hydrogen-bond donors (Lipinski definition) is 0. The first-order valence-electron chi connectivity index (χ1n) is 6.40. The Hall–Kier alpha value is -1.08. The van der Waals surface area contributed by atoms with Crippen molar-refractivity contribution in [3.8, 4) is 0 Å². The number of rotatable bonds is 4. The van der Waals surface area contributed by atoms with Gasteiger partial charge in [-0.1, -0.05) is 0 Å². The van der Waals surface area contributed by atoms with Gasteiger partial charge in [0.15, 0.2) is 0 Å². The minimum Gasteiger partial charge on any atom is -0.467 e. The van der Waals surface area contributed by atoms with Crippen molar-refractivity contribution in [1.29, 1.82) is 0 Å². The number of amides is 1. The molecular weight excluding hydrogens is 358 g/mol. The average Bonchev–Trinajstić information content (AvgIpc) is 2.77. The average molecular weight is 378 g/mol. The van der Waals surface area contributed by atoms with Crippen molar-refractivity contribution in [3.05, 3.63) is 20.8 Å². The molecule has 0 fully saturated rings. The van der Waals surface area contributed by atoms with Crippen LogP contribution in [0.3, 0.4) is 0 Å². The molecule has 0 aromatic carbocycles. The number of ether oxygens (including phenoxy) is 2. The molecule has 118 valence electrons. The van der Waals surface area contributed by atoms with Crippen LogP contribution < -0.4 is 0 Å². The Morgan fingerprint density at radius 3 is 2.43 bits per heavy atom. The lowest BCUT2D eigenvalue weighted by Crippen LogP contribution is -2.46. The van der Waals surface area contributed by atoms with Crippen LogP contribution in [0, 0.1) is 0 Å². The molecule has 0 aliphatic rings. The number of nitrogens with zero attached hydrogens (tertiary/aromatic N) is 1. The molecule has 0 aliphatic carbocycles. The van der Waals surface area contributed by atoms with Crippen LogP contribution in [0.5, 0.6) is 0 Å². The minimum atomic E-state index is -0.726. The second-order valence-electron chi connectivity index (χ2n) is 5.58. The Labute approximate surface area is 137 Å². The van der Waals surface area contributed by atoms with Gasteiger partial charge in [-0.25, -0.2) is 9.59 Å². The maximum absolute atomic E-state index is 12.1. The monoisotopic (exact) mass is 377 g/mol. The molecule has 7 heteroatoms. The molecule has 1 unspecified atom stereocenters. The normalized spacial score (nSPS) is 12.7. The summed E-state index contributed by atoms with van der Waals surface area (Å²) >= 11 is 4.95. The molecule has 0 spiro atoms. The summed E-state index contributed by atoms with van der Waals surface area (Å²) in [5, 5.41) is 3.86. The molecule has 0 radical (unpaired) electrons. The summed E-state index contributed by atoms with van der Waals surface area (Å²) in [6.45, 7) is 5.34.